The van der Waals surface area contributed by atoms with Crippen LogP contribution in [-0.2, 0) is 6.54 Å². The van der Waals surface area contributed by atoms with Crippen LogP contribution in [-0.4, -0.2) is 0 Å². The van der Waals surface area contributed by atoms with Gasteiger partial charge in [0.2, 0.25) is 0 Å². The van der Waals surface area contributed by atoms with Crippen molar-refractivity contribution in [3.8, 4) is 0 Å². The van der Waals surface area contributed by atoms with Crippen molar-refractivity contribution in [1.29, 1.82) is 0 Å². The Morgan fingerprint density at radius 3 is 2.61 bits per heavy atom. The maximum absolute atomic E-state index is 13.4. The highest BCUT2D eigenvalue weighted by atomic mass is 35.5. The number of hydrogen-bond donors (Lipinski definition) is 2. The number of benzene rings is 2. The first-order valence-corrected chi connectivity index (χ1v) is 5.67. The van der Waals surface area contributed by atoms with E-state index in [9.17, 15) is 8.78 Å². The summed E-state index contributed by atoms with van der Waals surface area (Å²) in [4.78, 5) is 0. The van der Waals surface area contributed by atoms with Gasteiger partial charge in [-0.1, -0.05) is 11.6 Å². The summed E-state index contributed by atoms with van der Waals surface area (Å²) in [7, 11) is 0. The van der Waals surface area contributed by atoms with Crippen molar-refractivity contribution in [3.63, 3.8) is 0 Å². The number of nitrogen functional groups attached to an aromatic ring is 1. The second-order valence-corrected chi connectivity index (χ2v) is 4.26. The summed E-state index contributed by atoms with van der Waals surface area (Å²) in [5, 5.41) is 3.39. The highest BCUT2D eigenvalue weighted by Crippen LogP contribution is 2.21. The molecule has 2 aromatic carbocycles. The molecular weight excluding hydrogens is 258 g/mol. The molecule has 0 heterocycles. The van der Waals surface area contributed by atoms with Crippen LogP contribution in [0, 0.1) is 11.6 Å². The molecule has 2 aromatic rings. The van der Waals surface area contributed by atoms with Crippen LogP contribution in [0.2, 0.25) is 5.02 Å². The van der Waals surface area contributed by atoms with Crippen molar-refractivity contribution in [3.05, 3.63) is 58.6 Å². The molecule has 0 radical (unpaired) electrons. The van der Waals surface area contributed by atoms with Gasteiger partial charge >= 0.3 is 0 Å². The fourth-order valence-electron chi connectivity index (χ4n) is 1.56. The molecule has 18 heavy (non-hydrogen) atoms. The number of hydrogen-bond acceptors (Lipinski definition) is 2. The van der Waals surface area contributed by atoms with Crippen LogP contribution >= 0.6 is 11.6 Å². The number of nitrogens with one attached hydrogen (secondary N) is 1. The molecule has 0 amide bonds. The fraction of sp³-hybridized carbons (Fsp3) is 0.0769. The molecule has 0 atom stereocenters. The summed E-state index contributed by atoms with van der Waals surface area (Å²) in [6, 6.07) is 8.31. The highest BCUT2D eigenvalue weighted by Gasteiger charge is 2.05. The minimum atomic E-state index is -0.410. The van der Waals surface area contributed by atoms with Gasteiger partial charge in [-0.2, -0.15) is 0 Å². The SMILES string of the molecule is Nc1cc(F)ccc1NCc1cc(Cl)ccc1F. The molecule has 0 aliphatic rings. The largest absolute Gasteiger partial charge is 0.397 e. The van der Waals surface area contributed by atoms with Gasteiger partial charge in [0, 0.05) is 17.1 Å². The van der Waals surface area contributed by atoms with E-state index in [0.29, 0.717) is 16.3 Å². The molecule has 0 fully saturated rings. The Balaban J connectivity index is 2.13. The van der Waals surface area contributed by atoms with Crippen LogP contribution in [0.15, 0.2) is 36.4 Å². The van der Waals surface area contributed by atoms with E-state index in [4.69, 9.17) is 17.3 Å². The average molecular weight is 269 g/mol. The van der Waals surface area contributed by atoms with E-state index in [0.717, 1.165) is 0 Å². The summed E-state index contributed by atoms with van der Waals surface area (Å²) < 4.78 is 26.3. The van der Waals surface area contributed by atoms with Crippen molar-refractivity contribution < 1.29 is 8.78 Å². The molecule has 0 aromatic heterocycles. The van der Waals surface area contributed by atoms with Gasteiger partial charge in [0.25, 0.3) is 0 Å². The van der Waals surface area contributed by atoms with Gasteiger partial charge in [-0.3, -0.25) is 0 Å². The average Bonchev–Trinajstić information content (AvgIpc) is 2.32. The molecule has 3 N–H and O–H groups in total. The summed E-state index contributed by atoms with van der Waals surface area (Å²) in [6.45, 7) is 0.224. The molecule has 0 saturated carbocycles. The number of rotatable bonds is 3. The zero-order valence-electron chi connectivity index (χ0n) is 9.38. The lowest BCUT2D eigenvalue weighted by Gasteiger charge is -2.10. The second-order valence-electron chi connectivity index (χ2n) is 3.82. The predicted octanol–water partition coefficient (Wildman–Crippen LogP) is 3.81. The Morgan fingerprint density at radius 2 is 1.89 bits per heavy atom. The topological polar surface area (TPSA) is 38.0 Å². The zero-order valence-corrected chi connectivity index (χ0v) is 10.1. The minimum absolute atomic E-state index is 0.224. The maximum atomic E-state index is 13.4. The van der Waals surface area contributed by atoms with Crippen LogP contribution < -0.4 is 11.1 Å². The molecule has 0 bridgehead atoms. The van der Waals surface area contributed by atoms with Gasteiger partial charge in [-0.05, 0) is 36.4 Å². The molecule has 94 valence electrons. The monoisotopic (exact) mass is 268 g/mol. The number of anilines is 2. The molecule has 0 spiro atoms. The molecule has 0 aliphatic heterocycles. The molecule has 5 heteroatoms. The Morgan fingerprint density at radius 1 is 1.11 bits per heavy atom. The van der Waals surface area contributed by atoms with Crippen LogP contribution in [0.3, 0.4) is 0 Å². The molecule has 2 rings (SSSR count). The zero-order chi connectivity index (χ0) is 13.1. The molecular formula is C13H11ClF2N2. The van der Waals surface area contributed by atoms with Gasteiger partial charge in [-0.15, -0.1) is 0 Å². The first-order chi connectivity index (χ1) is 8.56. The Labute approximate surface area is 108 Å². The molecule has 2 nitrogen and oxygen atoms in total. The summed E-state index contributed by atoms with van der Waals surface area (Å²) in [5.74, 6) is -0.764. The fourth-order valence-corrected chi connectivity index (χ4v) is 1.76. The Hall–Kier alpha value is -1.81. The van der Waals surface area contributed by atoms with Crippen LogP contribution in [0.25, 0.3) is 0 Å². The van der Waals surface area contributed by atoms with Gasteiger partial charge in [0.05, 0.1) is 11.4 Å². The maximum Gasteiger partial charge on any atom is 0.128 e. The lowest BCUT2D eigenvalue weighted by atomic mass is 10.2. The number of nitrogens with two attached hydrogens (primary N) is 1. The Kier molecular flexibility index (Phi) is 3.67. The summed E-state index contributed by atoms with van der Waals surface area (Å²) >= 11 is 5.78. The summed E-state index contributed by atoms with van der Waals surface area (Å²) in [5.41, 5.74) is 6.88. The smallest absolute Gasteiger partial charge is 0.128 e. The number of halogens is 3. The minimum Gasteiger partial charge on any atom is -0.397 e. The van der Waals surface area contributed by atoms with E-state index in [1.165, 1.54) is 36.4 Å². The van der Waals surface area contributed by atoms with Crippen molar-refractivity contribution in [2.45, 2.75) is 6.54 Å². The van der Waals surface area contributed by atoms with Gasteiger partial charge in [0.15, 0.2) is 0 Å². The van der Waals surface area contributed by atoms with E-state index in [-0.39, 0.29) is 18.0 Å². The lowest BCUT2D eigenvalue weighted by molar-refractivity contribution is 0.613. The quantitative estimate of drug-likeness (QED) is 0.831. The van der Waals surface area contributed by atoms with Crippen molar-refractivity contribution >= 4 is 23.0 Å². The molecule has 0 unspecified atom stereocenters. The second kappa shape index (κ2) is 5.23. The van der Waals surface area contributed by atoms with E-state index in [1.54, 1.807) is 0 Å². The van der Waals surface area contributed by atoms with Crippen molar-refractivity contribution in [2.75, 3.05) is 11.1 Å². The van der Waals surface area contributed by atoms with Gasteiger partial charge in [-0.25, -0.2) is 8.78 Å². The van der Waals surface area contributed by atoms with E-state index in [1.807, 2.05) is 0 Å². The third-order valence-electron chi connectivity index (χ3n) is 2.49. The van der Waals surface area contributed by atoms with E-state index >= 15 is 0 Å². The third-order valence-corrected chi connectivity index (χ3v) is 2.73. The molecule has 0 saturated heterocycles. The Bertz CT molecular complexity index is 573. The van der Waals surface area contributed by atoms with Crippen molar-refractivity contribution in [2.24, 2.45) is 0 Å². The van der Waals surface area contributed by atoms with E-state index < -0.39 is 5.82 Å². The standard InChI is InChI=1S/C13H11ClF2N2/c14-9-1-3-11(16)8(5-9)7-18-13-4-2-10(15)6-12(13)17/h1-6,18H,7,17H2. The van der Waals surface area contributed by atoms with Crippen molar-refractivity contribution in [1.82, 2.24) is 0 Å². The lowest BCUT2D eigenvalue weighted by Crippen LogP contribution is -2.04. The normalized spacial score (nSPS) is 10.4. The van der Waals surface area contributed by atoms with Crippen LogP contribution in [0.5, 0.6) is 0 Å². The molecule has 0 aliphatic carbocycles. The van der Waals surface area contributed by atoms with Crippen LogP contribution in [0.4, 0.5) is 20.2 Å². The van der Waals surface area contributed by atoms with Gasteiger partial charge in [0.1, 0.15) is 11.6 Å². The predicted molar refractivity (Wildman–Crippen MR) is 69.5 cm³/mol. The highest BCUT2D eigenvalue weighted by molar-refractivity contribution is 6.30. The first kappa shape index (κ1) is 12.6. The third kappa shape index (κ3) is 2.90. The van der Waals surface area contributed by atoms with Crippen LogP contribution in [0.1, 0.15) is 5.56 Å². The first-order valence-electron chi connectivity index (χ1n) is 5.29. The van der Waals surface area contributed by atoms with E-state index in [2.05, 4.69) is 5.32 Å². The summed E-state index contributed by atoms with van der Waals surface area (Å²) in [6.07, 6.45) is 0. The van der Waals surface area contributed by atoms with Gasteiger partial charge < -0.3 is 11.1 Å².